The molecule has 2 rings (SSSR count). The van der Waals surface area contributed by atoms with Gasteiger partial charge in [0.25, 0.3) is 5.91 Å². The van der Waals surface area contributed by atoms with Crippen molar-refractivity contribution >= 4 is 29.1 Å². The number of amides is 2. The number of aryl methyl sites for hydroxylation is 1. The monoisotopic (exact) mass is 316 g/mol. The van der Waals surface area contributed by atoms with Crippen LogP contribution in [0.4, 0.5) is 5.69 Å². The minimum atomic E-state index is -0.208. The van der Waals surface area contributed by atoms with Crippen LogP contribution in [0.5, 0.6) is 0 Å². The third-order valence-electron chi connectivity index (χ3n) is 3.22. The molecule has 0 aliphatic carbocycles. The third-order valence-corrected chi connectivity index (χ3v) is 3.45. The summed E-state index contributed by atoms with van der Waals surface area (Å²) in [4.78, 5) is 23.3. The summed E-state index contributed by atoms with van der Waals surface area (Å²) in [6.07, 6.45) is 1.12. The van der Waals surface area contributed by atoms with Gasteiger partial charge >= 0.3 is 0 Å². The second kappa shape index (κ2) is 7.61. The Morgan fingerprint density at radius 1 is 1.09 bits per heavy atom. The Balaban J connectivity index is 1.96. The van der Waals surface area contributed by atoms with E-state index in [1.807, 2.05) is 24.3 Å². The molecular formula is C17H17ClN2O2. The van der Waals surface area contributed by atoms with E-state index in [2.05, 4.69) is 10.6 Å². The lowest BCUT2D eigenvalue weighted by Crippen LogP contribution is -2.17. The van der Waals surface area contributed by atoms with E-state index >= 15 is 0 Å². The zero-order chi connectivity index (χ0) is 15.9. The first-order valence-corrected chi connectivity index (χ1v) is 7.33. The standard InChI is InChI=1S/C17H17ClN2O2/c1-19-16(21)10-7-12-5-8-15(9-6-12)20-17(22)13-3-2-4-14(18)11-13/h2-6,8-9,11H,7,10H2,1H3,(H,19,21)(H,20,22). The molecule has 0 aliphatic heterocycles. The third kappa shape index (κ3) is 4.60. The smallest absolute Gasteiger partial charge is 0.255 e. The van der Waals surface area contributed by atoms with Gasteiger partial charge in [0.05, 0.1) is 0 Å². The highest BCUT2D eigenvalue weighted by atomic mass is 35.5. The van der Waals surface area contributed by atoms with E-state index in [0.717, 1.165) is 5.56 Å². The minimum Gasteiger partial charge on any atom is -0.359 e. The topological polar surface area (TPSA) is 58.2 Å². The summed E-state index contributed by atoms with van der Waals surface area (Å²) < 4.78 is 0. The summed E-state index contributed by atoms with van der Waals surface area (Å²) in [6.45, 7) is 0. The molecule has 0 aromatic heterocycles. The van der Waals surface area contributed by atoms with Crippen LogP contribution in [0.1, 0.15) is 22.3 Å². The van der Waals surface area contributed by atoms with Gasteiger partial charge in [0.1, 0.15) is 0 Å². The number of anilines is 1. The second-order valence-electron chi connectivity index (χ2n) is 4.83. The lowest BCUT2D eigenvalue weighted by Gasteiger charge is -2.07. The number of carbonyl (C=O) groups is 2. The Bertz CT molecular complexity index is 669. The Morgan fingerprint density at radius 3 is 2.45 bits per heavy atom. The molecule has 0 unspecified atom stereocenters. The molecule has 22 heavy (non-hydrogen) atoms. The van der Waals surface area contributed by atoms with Crippen molar-refractivity contribution in [2.75, 3.05) is 12.4 Å². The van der Waals surface area contributed by atoms with Gasteiger partial charge in [0.2, 0.25) is 5.91 Å². The normalized spacial score (nSPS) is 10.1. The molecule has 0 bridgehead atoms. The van der Waals surface area contributed by atoms with Gasteiger partial charge in [-0.1, -0.05) is 29.8 Å². The first-order valence-electron chi connectivity index (χ1n) is 6.95. The maximum Gasteiger partial charge on any atom is 0.255 e. The van der Waals surface area contributed by atoms with Crippen LogP contribution in [0.15, 0.2) is 48.5 Å². The summed E-state index contributed by atoms with van der Waals surface area (Å²) in [5, 5.41) is 5.93. The van der Waals surface area contributed by atoms with Crippen molar-refractivity contribution in [1.82, 2.24) is 5.32 Å². The van der Waals surface area contributed by atoms with Crippen molar-refractivity contribution in [1.29, 1.82) is 0 Å². The molecule has 2 aromatic carbocycles. The molecule has 0 atom stereocenters. The predicted octanol–water partition coefficient (Wildman–Crippen LogP) is 3.27. The van der Waals surface area contributed by atoms with Crippen molar-refractivity contribution in [2.45, 2.75) is 12.8 Å². The molecule has 0 saturated carbocycles. The van der Waals surface area contributed by atoms with Crippen molar-refractivity contribution in [2.24, 2.45) is 0 Å². The van der Waals surface area contributed by atoms with Gasteiger partial charge in [0.15, 0.2) is 0 Å². The van der Waals surface area contributed by atoms with Gasteiger partial charge in [-0.2, -0.15) is 0 Å². The molecule has 4 nitrogen and oxygen atoms in total. The second-order valence-corrected chi connectivity index (χ2v) is 5.27. The van der Waals surface area contributed by atoms with Crippen LogP contribution >= 0.6 is 11.6 Å². The van der Waals surface area contributed by atoms with E-state index in [1.54, 1.807) is 31.3 Å². The molecule has 0 spiro atoms. The lowest BCUT2D eigenvalue weighted by atomic mass is 10.1. The first-order chi connectivity index (χ1) is 10.6. The number of hydrogen-bond donors (Lipinski definition) is 2. The van der Waals surface area contributed by atoms with Crippen LogP contribution in [0, 0.1) is 0 Å². The SMILES string of the molecule is CNC(=O)CCc1ccc(NC(=O)c2cccc(Cl)c2)cc1. The molecule has 2 amide bonds. The van der Waals surface area contributed by atoms with Crippen LogP contribution in [-0.4, -0.2) is 18.9 Å². The fourth-order valence-electron chi connectivity index (χ4n) is 1.97. The highest BCUT2D eigenvalue weighted by Crippen LogP contribution is 2.15. The largest absolute Gasteiger partial charge is 0.359 e. The van der Waals surface area contributed by atoms with Crippen molar-refractivity contribution in [3.8, 4) is 0 Å². The zero-order valence-corrected chi connectivity index (χ0v) is 13.0. The van der Waals surface area contributed by atoms with Gasteiger partial charge in [-0.15, -0.1) is 0 Å². The van der Waals surface area contributed by atoms with Gasteiger partial charge in [0, 0.05) is 29.7 Å². The van der Waals surface area contributed by atoms with Crippen LogP contribution in [-0.2, 0) is 11.2 Å². The lowest BCUT2D eigenvalue weighted by molar-refractivity contribution is -0.120. The number of benzene rings is 2. The summed E-state index contributed by atoms with van der Waals surface area (Å²) in [5.74, 6) is -0.195. The van der Waals surface area contributed by atoms with E-state index in [1.165, 1.54) is 0 Å². The van der Waals surface area contributed by atoms with Crippen LogP contribution in [0.3, 0.4) is 0 Å². The molecule has 5 heteroatoms. The predicted molar refractivity (Wildman–Crippen MR) is 88.2 cm³/mol. The highest BCUT2D eigenvalue weighted by Gasteiger charge is 2.06. The number of nitrogens with one attached hydrogen (secondary N) is 2. The summed E-state index contributed by atoms with van der Waals surface area (Å²) in [6, 6.07) is 14.2. The van der Waals surface area contributed by atoms with E-state index in [0.29, 0.717) is 29.1 Å². The van der Waals surface area contributed by atoms with Crippen LogP contribution in [0.2, 0.25) is 5.02 Å². The Labute approximate surface area is 134 Å². The fourth-order valence-corrected chi connectivity index (χ4v) is 2.16. The molecule has 2 aromatic rings. The Kier molecular flexibility index (Phi) is 5.55. The van der Waals surface area contributed by atoms with Gasteiger partial charge in [-0.05, 0) is 42.3 Å². The number of carbonyl (C=O) groups excluding carboxylic acids is 2. The highest BCUT2D eigenvalue weighted by molar-refractivity contribution is 6.31. The average molecular weight is 317 g/mol. The molecule has 0 radical (unpaired) electrons. The molecule has 0 saturated heterocycles. The quantitative estimate of drug-likeness (QED) is 0.889. The average Bonchev–Trinajstić information content (AvgIpc) is 2.53. The van der Waals surface area contributed by atoms with E-state index < -0.39 is 0 Å². The van der Waals surface area contributed by atoms with Crippen molar-refractivity contribution < 1.29 is 9.59 Å². The molecule has 0 heterocycles. The van der Waals surface area contributed by atoms with E-state index in [9.17, 15) is 9.59 Å². The van der Waals surface area contributed by atoms with Crippen LogP contribution in [0.25, 0.3) is 0 Å². The molecule has 0 aliphatic rings. The Hall–Kier alpha value is -2.33. The Morgan fingerprint density at radius 2 is 1.82 bits per heavy atom. The van der Waals surface area contributed by atoms with Gasteiger partial charge in [-0.25, -0.2) is 0 Å². The number of rotatable bonds is 5. The fraction of sp³-hybridized carbons (Fsp3) is 0.176. The zero-order valence-electron chi connectivity index (χ0n) is 12.2. The van der Waals surface area contributed by atoms with Crippen LogP contribution < -0.4 is 10.6 Å². The summed E-state index contributed by atoms with van der Waals surface area (Å²) >= 11 is 5.87. The minimum absolute atomic E-state index is 0.0123. The van der Waals surface area contributed by atoms with Crippen molar-refractivity contribution in [3.63, 3.8) is 0 Å². The number of hydrogen-bond acceptors (Lipinski definition) is 2. The number of halogens is 1. The summed E-state index contributed by atoms with van der Waals surface area (Å²) in [5.41, 5.74) is 2.26. The van der Waals surface area contributed by atoms with Gasteiger partial charge < -0.3 is 10.6 Å². The maximum absolute atomic E-state index is 12.1. The molecular weight excluding hydrogens is 300 g/mol. The van der Waals surface area contributed by atoms with Gasteiger partial charge in [-0.3, -0.25) is 9.59 Å². The van der Waals surface area contributed by atoms with E-state index in [4.69, 9.17) is 11.6 Å². The molecule has 114 valence electrons. The molecule has 2 N–H and O–H groups in total. The maximum atomic E-state index is 12.1. The molecule has 0 fully saturated rings. The first kappa shape index (κ1) is 16.0. The van der Waals surface area contributed by atoms with Crippen molar-refractivity contribution in [3.05, 3.63) is 64.7 Å². The summed E-state index contributed by atoms with van der Waals surface area (Å²) in [7, 11) is 1.62. The van der Waals surface area contributed by atoms with E-state index in [-0.39, 0.29) is 11.8 Å².